The predicted molar refractivity (Wildman–Crippen MR) is 108 cm³/mol. The molecule has 1 amide bonds. The molecule has 1 fully saturated rings. The first-order chi connectivity index (χ1) is 13.5. The van der Waals surface area contributed by atoms with Crippen molar-refractivity contribution in [1.82, 2.24) is 24.8 Å². The van der Waals surface area contributed by atoms with Crippen LogP contribution in [-0.4, -0.2) is 56.9 Å². The summed E-state index contributed by atoms with van der Waals surface area (Å²) in [6.45, 7) is 8.72. The minimum absolute atomic E-state index is 0.0221. The van der Waals surface area contributed by atoms with Crippen LogP contribution in [0.25, 0.3) is 11.4 Å². The van der Waals surface area contributed by atoms with Gasteiger partial charge in [0.15, 0.2) is 0 Å². The number of hydrogen-bond acceptors (Lipinski definition) is 5. The Labute approximate surface area is 164 Å². The van der Waals surface area contributed by atoms with Crippen molar-refractivity contribution in [1.29, 1.82) is 0 Å². The molecule has 144 valence electrons. The van der Waals surface area contributed by atoms with E-state index in [1.54, 1.807) is 6.33 Å². The molecule has 0 radical (unpaired) electrons. The zero-order valence-electron chi connectivity index (χ0n) is 16.4. The van der Waals surface area contributed by atoms with Crippen LogP contribution in [0, 0.1) is 20.8 Å². The van der Waals surface area contributed by atoms with Crippen LogP contribution in [0.3, 0.4) is 0 Å². The van der Waals surface area contributed by atoms with Gasteiger partial charge in [-0.3, -0.25) is 4.79 Å². The maximum absolute atomic E-state index is 13.0. The van der Waals surface area contributed by atoms with E-state index in [0.717, 1.165) is 47.2 Å². The molecule has 0 aliphatic carbocycles. The highest BCUT2D eigenvalue weighted by Crippen LogP contribution is 2.22. The van der Waals surface area contributed by atoms with Crippen LogP contribution in [0.15, 0.2) is 36.7 Å². The van der Waals surface area contributed by atoms with Gasteiger partial charge in [-0.2, -0.15) is 0 Å². The van der Waals surface area contributed by atoms with Gasteiger partial charge in [0.05, 0.1) is 0 Å². The van der Waals surface area contributed by atoms with Crippen LogP contribution in [0.4, 0.5) is 5.82 Å². The zero-order chi connectivity index (χ0) is 19.7. The van der Waals surface area contributed by atoms with Gasteiger partial charge in [0.25, 0.3) is 5.91 Å². The van der Waals surface area contributed by atoms with Crippen molar-refractivity contribution < 1.29 is 4.79 Å². The van der Waals surface area contributed by atoms with Crippen molar-refractivity contribution in [3.63, 3.8) is 0 Å². The number of H-pyrrole nitrogens is 1. The lowest BCUT2D eigenvalue weighted by molar-refractivity contribution is 0.0740. The van der Waals surface area contributed by atoms with Crippen molar-refractivity contribution in [2.45, 2.75) is 20.8 Å². The first-order valence-corrected chi connectivity index (χ1v) is 9.49. The van der Waals surface area contributed by atoms with E-state index < -0.39 is 0 Å². The maximum Gasteiger partial charge on any atom is 0.274 e. The second-order valence-electron chi connectivity index (χ2n) is 7.11. The number of nitrogens with zero attached hydrogens (tertiary/aromatic N) is 5. The number of imidazole rings is 1. The molecule has 1 aromatic carbocycles. The highest BCUT2D eigenvalue weighted by atomic mass is 16.2. The van der Waals surface area contributed by atoms with Crippen LogP contribution < -0.4 is 4.90 Å². The summed E-state index contributed by atoms with van der Waals surface area (Å²) < 4.78 is 0. The van der Waals surface area contributed by atoms with Gasteiger partial charge < -0.3 is 14.8 Å². The third kappa shape index (κ3) is 3.35. The number of hydrogen-bond donors (Lipinski definition) is 1. The number of nitrogens with one attached hydrogen (secondary N) is 1. The van der Waals surface area contributed by atoms with E-state index in [1.165, 1.54) is 0 Å². The quantitative estimate of drug-likeness (QED) is 0.760. The molecule has 1 saturated heterocycles. The average molecular weight is 376 g/mol. The van der Waals surface area contributed by atoms with Crippen molar-refractivity contribution in [2.24, 2.45) is 0 Å². The highest BCUT2D eigenvalue weighted by molar-refractivity contribution is 5.94. The molecule has 2 aromatic heterocycles. The number of aryl methyl sites for hydroxylation is 2. The highest BCUT2D eigenvalue weighted by Gasteiger charge is 2.26. The van der Waals surface area contributed by atoms with E-state index in [9.17, 15) is 4.79 Å². The molecule has 1 aliphatic heterocycles. The van der Waals surface area contributed by atoms with E-state index in [4.69, 9.17) is 0 Å². The average Bonchev–Trinajstić information content (AvgIpc) is 3.12. The number of aromatic nitrogens is 4. The Morgan fingerprint density at radius 2 is 1.71 bits per heavy atom. The van der Waals surface area contributed by atoms with Gasteiger partial charge in [0.1, 0.15) is 23.7 Å². The minimum atomic E-state index is -0.0221. The van der Waals surface area contributed by atoms with Gasteiger partial charge in [-0.25, -0.2) is 15.0 Å². The molecule has 3 aromatic rings. The Balaban J connectivity index is 1.47. The van der Waals surface area contributed by atoms with Crippen LogP contribution in [0.1, 0.15) is 27.4 Å². The van der Waals surface area contributed by atoms with Crippen LogP contribution >= 0.6 is 0 Å². The fraction of sp³-hybridized carbons (Fsp3) is 0.333. The molecule has 28 heavy (non-hydrogen) atoms. The monoisotopic (exact) mass is 376 g/mol. The number of anilines is 1. The van der Waals surface area contributed by atoms with E-state index in [2.05, 4.69) is 24.8 Å². The van der Waals surface area contributed by atoms with Crippen molar-refractivity contribution in [3.8, 4) is 11.4 Å². The summed E-state index contributed by atoms with van der Waals surface area (Å²) >= 11 is 0. The number of rotatable bonds is 3. The number of amides is 1. The fourth-order valence-electron chi connectivity index (χ4n) is 3.52. The molecule has 0 unspecified atom stereocenters. The Morgan fingerprint density at radius 3 is 2.43 bits per heavy atom. The van der Waals surface area contributed by atoms with Crippen molar-refractivity contribution >= 4 is 11.7 Å². The smallest absolute Gasteiger partial charge is 0.274 e. The van der Waals surface area contributed by atoms with Gasteiger partial charge in [-0.15, -0.1) is 0 Å². The van der Waals surface area contributed by atoms with E-state index in [0.29, 0.717) is 18.8 Å². The summed E-state index contributed by atoms with van der Waals surface area (Å²) in [6.07, 6.45) is 1.60. The lowest BCUT2D eigenvalue weighted by Crippen LogP contribution is -2.49. The van der Waals surface area contributed by atoms with Crippen molar-refractivity contribution in [2.75, 3.05) is 31.1 Å². The number of piperazine rings is 1. The molecule has 1 aliphatic rings. The molecule has 1 N–H and O–H groups in total. The van der Waals surface area contributed by atoms with Gasteiger partial charge in [0, 0.05) is 48.7 Å². The summed E-state index contributed by atoms with van der Waals surface area (Å²) in [5.74, 6) is 1.67. The third-order valence-corrected chi connectivity index (χ3v) is 5.31. The maximum atomic E-state index is 13.0. The molecule has 3 heterocycles. The van der Waals surface area contributed by atoms with Gasteiger partial charge >= 0.3 is 0 Å². The largest absolute Gasteiger partial charge is 0.353 e. The first kappa shape index (κ1) is 18.2. The normalized spacial score (nSPS) is 14.4. The molecule has 7 heteroatoms. The summed E-state index contributed by atoms with van der Waals surface area (Å²) in [4.78, 5) is 33.6. The number of aromatic amines is 1. The van der Waals surface area contributed by atoms with Gasteiger partial charge in [-0.1, -0.05) is 30.3 Å². The van der Waals surface area contributed by atoms with E-state index in [-0.39, 0.29) is 5.91 Å². The molecule has 0 bridgehead atoms. The number of carbonyl (C=O) groups is 1. The SMILES string of the molecule is Cc1ncnc(N2CCN(C(=O)c3nc(-c4ccccc4)[nH]c3C)CC2)c1C. The molecule has 0 saturated carbocycles. The molecule has 0 atom stereocenters. The molecule has 7 nitrogen and oxygen atoms in total. The lowest BCUT2D eigenvalue weighted by atomic mass is 10.2. The Morgan fingerprint density at radius 1 is 1.00 bits per heavy atom. The van der Waals surface area contributed by atoms with E-state index >= 15 is 0 Å². The van der Waals surface area contributed by atoms with Gasteiger partial charge in [-0.05, 0) is 20.8 Å². The Bertz CT molecular complexity index is 989. The van der Waals surface area contributed by atoms with E-state index in [1.807, 2.05) is 56.0 Å². The summed E-state index contributed by atoms with van der Waals surface area (Å²) in [5.41, 5.74) is 4.36. The summed E-state index contributed by atoms with van der Waals surface area (Å²) in [7, 11) is 0. The van der Waals surface area contributed by atoms with Gasteiger partial charge in [0.2, 0.25) is 0 Å². The second-order valence-corrected chi connectivity index (χ2v) is 7.11. The second kappa shape index (κ2) is 7.42. The van der Waals surface area contributed by atoms with Crippen LogP contribution in [-0.2, 0) is 0 Å². The fourth-order valence-corrected chi connectivity index (χ4v) is 3.52. The standard InChI is InChI=1S/C21H24N6O/c1-14-15(2)22-13-23-20(14)26-9-11-27(12-10-26)21(28)18-16(3)24-19(25-18)17-7-5-4-6-8-17/h4-8,13H,9-12H2,1-3H3,(H,24,25). The first-order valence-electron chi connectivity index (χ1n) is 9.49. The van der Waals surface area contributed by atoms with Crippen molar-refractivity contribution in [3.05, 3.63) is 59.3 Å². The molecule has 0 spiro atoms. The molecular formula is C21H24N6O. The Kier molecular flexibility index (Phi) is 4.81. The minimum Gasteiger partial charge on any atom is -0.353 e. The third-order valence-electron chi connectivity index (χ3n) is 5.31. The zero-order valence-corrected chi connectivity index (χ0v) is 16.4. The summed E-state index contributed by atoms with van der Waals surface area (Å²) in [6, 6.07) is 9.86. The van der Waals surface area contributed by atoms with Crippen LogP contribution in [0.5, 0.6) is 0 Å². The molecular weight excluding hydrogens is 352 g/mol. The summed E-state index contributed by atoms with van der Waals surface area (Å²) in [5, 5.41) is 0. The number of carbonyl (C=O) groups excluding carboxylic acids is 1. The topological polar surface area (TPSA) is 78.0 Å². The lowest BCUT2D eigenvalue weighted by Gasteiger charge is -2.35. The number of benzene rings is 1. The van der Waals surface area contributed by atoms with Crippen LogP contribution in [0.2, 0.25) is 0 Å². The predicted octanol–water partition coefficient (Wildman–Crippen LogP) is 2.75. The molecule has 4 rings (SSSR count). The Hall–Kier alpha value is -3.22.